The van der Waals surface area contributed by atoms with Crippen LogP contribution in [0.3, 0.4) is 0 Å². The van der Waals surface area contributed by atoms with Crippen LogP contribution >= 0.6 is 0 Å². The Kier molecular flexibility index (Phi) is 3.62. The van der Waals surface area contributed by atoms with Crippen molar-refractivity contribution in [3.05, 3.63) is 23.8 Å². The molecule has 0 bridgehead atoms. The molecule has 0 aliphatic carbocycles. The van der Waals surface area contributed by atoms with Crippen molar-refractivity contribution in [2.24, 2.45) is 0 Å². The van der Waals surface area contributed by atoms with E-state index in [0.717, 1.165) is 29.8 Å². The molecule has 1 heterocycles. The van der Waals surface area contributed by atoms with Gasteiger partial charge in [-0.3, -0.25) is 0 Å². The quantitative estimate of drug-likeness (QED) is 0.854. The molecule has 1 aromatic heterocycles. The molecule has 18 heavy (non-hydrogen) atoms. The maximum absolute atomic E-state index is 5.72. The molecule has 0 saturated carbocycles. The van der Waals surface area contributed by atoms with E-state index in [2.05, 4.69) is 33.2 Å². The lowest BCUT2D eigenvalue weighted by molar-refractivity contribution is 0.425. The summed E-state index contributed by atoms with van der Waals surface area (Å²) in [4.78, 5) is 10.6. The van der Waals surface area contributed by atoms with Gasteiger partial charge in [0.05, 0.1) is 5.52 Å². The van der Waals surface area contributed by atoms with E-state index >= 15 is 0 Å². The molecule has 0 aliphatic heterocycles. The molecule has 96 valence electrons. The molecule has 0 spiro atoms. The van der Waals surface area contributed by atoms with E-state index in [9.17, 15) is 0 Å². The third-order valence-corrected chi connectivity index (χ3v) is 2.72. The van der Waals surface area contributed by atoms with E-state index < -0.39 is 0 Å². The first-order valence-corrected chi connectivity index (χ1v) is 5.99. The van der Waals surface area contributed by atoms with E-state index in [4.69, 9.17) is 5.73 Å². The SMILES string of the molecule is Cc1ccc2nc(N)nc(NCCN(C)C)c2c1. The van der Waals surface area contributed by atoms with Gasteiger partial charge >= 0.3 is 0 Å². The van der Waals surface area contributed by atoms with Crippen LogP contribution in [0.1, 0.15) is 5.56 Å². The summed E-state index contributed by atoms with van der Waals surface area (Å²) >= 11 is 0. The monoisotopic (exact) mass is 245 g/mol. The van der Waals surface area contributed by atoms with Gasteiger partial charge in [-0.15, -0.1) is 0 Å². The second-order valence-corrected chi connectivity index (χ2v) is 4.68. The van der Waals surface area contributed by atoms with E-state index in [-0.39, 0.29) is 0 Å². The standard InChI is InChI=1S/C13H19N5/c1-9-4-5-11-10(8-9)12(17-13(14)16-11)15-6-7-18(2)3/h4-5,8H,6-7H2,1-3H3,(H3,14,15,16,17). The molecule has 0 amide bonds. The molecule has 0 unspecified atom stereocenters. The fraction of sp³-hybridized carbons (Fsp3) is 0.385. The number of rotatable bonds is 4. The van der Waals surface area contributed by atoms with Gasteiger partial charge in [-0.05, 0) is 33.2 Å². The minimum absolute atomic E-state index is 0.304. The van der Waals surface area contributed by atoms with Gasteiger partial charge in [-0.1, -0.05) is 11.6 Å². The fourth-order valence-electron chi connectivity index (χ4n) is 1.79. The van der Waals surface area contributed by atoms with Gasteiger partial charge in [-0.25, -0.2) is 4.98 Å². The van der Waals surface area contributed by atoms with E-state index in [0.29, 0.717) is 5.95 Å². The Morgan fingerprint density at radius 2 is 2.06 bits per heavy atom. The van der Waals surface area contributed by atoms with Crippen LogP contribution in [0.15, 0.2) is 18.2 Å². The number of nitrogens with one attached hydrogen (secondary N) is 1. The average Bonchev–Trinajstić information content (AvgIpc) is 2.29. The number of aromatic nitrogens is 2. The number of anilines is 2. The molecule has 2 aromatic rings. The van der Waals surface area contributed by atoms with E-state index in [1.807, 2.05) is 26.2 Å². The van der Waals surface area contributed by atoms with Gasteiger partial charge in [0.1, 0.15) is 5.82 Å². The number of likely N-dealkylation sites (N-methyl/N-ethyl adjacent to an activating group) is 1. The number of hydrogen-bond acceptors (Lipinski definition) is 5. The third-order valence-electron chi connectivity index (χ3n) is 2.72. The fourth-order valence-corrected chi connectivity index (χ4v) is 1.79. The normalized spacial score (nSPS) is 11.1. The second kappa shape index (κ2) is 5.18. The highest BCUT2D eigenvalue weighted by atomic mass is 15.1. The highest BCUT2D eigenvalue weighted by Gasteiger charge is 2.06. The van der Waals surface area contributed by atoms with Crippen LogP contribution in [-0.4, -0.2) is 42.1 Å². The largest absolute Gasteiger partial charge is 0.368 e. The Balaban J connectivity index is 2.32. The summed E-state index contributed by atoms with van der Waals surface area (Å²) < 4.78 is 0. The molecule has 0 radical (unpaired) electrons. The summed E-state index contributed by atoms with van der Waals surface area (Å²) in [7, 11) is 4.08. The van der Waals surface area contributed by atoms with Crippen LogP contribution in [0.2, 0.25) is 0 Å². The predicted octanol–water partition coefficient (Wildman–Crippen LogP) is 1.49. The first-order chi connectivity index (χ1) is 8.56. The maximum Gasteiger partial charge on any atom is 0.222 e. The molecule has 5 nitrogen and oxygen atoms in total. The Bertz CT molecular complexity index is 550. The number of nitrogens with zero attached hydrogens (tertiary/aromatic N) is 3. The topological polar surface area (TPSA) is 67.1 Å². The lowest BCUT2D eigenvalue weighted by atomic mass is 10.1. The Labute approximate surface area is 107 Å². The zero-order valence-electron chi connectivity index (χ0n) is 11.1. The number of fused-ring (bicyclic) bond motifs is 1. The van der Waals surface area contributed by atoms with Gasteiger partial charge in [0.25, 0.3) is 0 Å². The van der Waals surface area contributed by atoms with Gasteiger partial charge in [-0.2, -0.15) is 4.98 Å². The van der Waals surface area contributed by atoms with Crippen molar-refractivity contribution in [3.63, 3.8) is 0 Å². The van der Waals surface area contributed by atoms with Gasteiger partial charge in [0, 0.05) is 18.5 Å². The average molecular weight is 245 g/mol. The Hall–Kier alpha value is -1.88. The molecular formula is C13H19N5. The van der Waals surface area contributed by atoms with Gasteiger partial charge in [0.15, 0.2) is 0 Å². The molecular weight excluding hydrogens is 226 g/mol. The number of aryl methyl sites for hydroxylation is 1. The molecule has 3 N–H and O–H groups in total. The summed E-state index contributed by atoms with van der Waals surface area (Å²) in [5.74, 6) is 1.11. The highest BCUT2D eigenvalue weighted by molar-refractivity contribution is 5.90. The summed E-state index contributed by atoms with van der Waals surface area (Å²) in [5, 5.41) is 4.33. The summed E-state index contributed by atoms with van der Waals surface area (Å²) in [6.45, 7) is 3.82. The minimum Gasteiger partial charge on any atom is -0.368 e. The van der Waals surface area contributed by atoms with Crippen molar-refractivity contribution in [2.45, 2.75) is 6.92 Å². The van der Waals surface area contributed by atoms with Gasteiger partial charge < -0.3 is 16.0 Å². The third kappa shape index (κ3) is 2.87. The lowest BCUT2D eigenvalue weighted by Gasteiger charge is -2.12. The van der Waals surface area contributed by atoms with Gasteiger partial charge in [0.2, 0.25) is 5.95 Å². The van der Waals surface area contributed by atoms with Crippen molar-refractivity contribution < 1.29 is 0 Å². The Morgan fingerprint density at radius 1 is 1.28 bits per heavy atom. The molecule has 0 atom stereocenters. The molecule has 5 heteroatoms. The smallest absolute Gasteiger partial charge is 0.222 e. The predicted molar refractivity (Wildman–Crippen MR) is 75.7 cm³/mol. The zero-order valence-corrected chi connectivity index (χ0v) is 11.1. The minimum atomic E-state index is 0.304. The Morgan fingerprint density at radius 3 is 2.78 bits per heavy atom. The van der Waals surface area contributed by atoms with Crippen molar-refractivity contribution in [2.75, 3.05) is 38.2 Å². The van der Waals surface area contributed by atoms with E-state index in [1.165, 1.54) is 5.56 Å². The first kappa shape index (κ1) is 12.6. The molecule has 1 aromatic carbocycles. The number of nitrogen functional groups attached to an aromatic ring is 1. The van der Waals surface area contributed by atoms with Crippen molar-refractivity contribution in [1.82, 2.24) is 14.9 Å². The van der Waals surface area contributed by atoms with Crippen molar-refractivity contribution >= 4 is 22.7 Å². The number of benzene rings is 1. The van der Waals surface area contributed by atoms with Crippen LogP contribution in [-0.2, 0) is 0 Å². The lowest BCUT2D eigenvalue weighted by Crippen LogP contribution is -2.21. The van der Waals surface area contributed by atoms with Crippen LogP contribution < -0.4 is 11.1 Å². The molecule has 2 rings (SSSR count). The first-order valence-electron chi connectivity index (χ1n) is 5.99. The van der Waals surface area contributed by atoms with Crippen molar-refractivity contribution in [3.8, 4) is 0 Å². The molecule has 0 fully saturated rings. The highest BCUT2D eigenvalue weighted by Crippen LogP contribution is 2.22. The summed E-state index contributed by atoms with van der Waals surface area (Å²) in [5.41, 5.74) is 7.78. The summed E-state index contributed by atoms with van der Waals surface area (Å²) in [6, 6.07) is 6.07. The van der Waals surface area contributed by atoms with Crippen LogP contribution in [0.25, 0.3) is 10.9 Å². The maximum atomic E-state index is 5.72. The molecule has 0 saturated heterocycles. The summed E-state index contributed by atoms with van der Waals surface area (Å²) in [6.07, 6.45) is 0. The van der Waals surface area contributed by atoms with Crippen LogP contribution in [0, 0.1) is 6.92 Å². The van der Waals surface area contributed by atoms with E-state index in [1.54, 1.807) is 0 Å². The van der Waals surface area contributed by atoms with Crippen LogP contribution in [0.5, 0.6) is 0 Å². The second-order valence-electron chi connectivity index (χ2n) is 4.68. The zero-order chi connectivity index (χ0) is 13.1. The van der Waals surface area contributed by atoms with Crippen molar-refractivity contribution in [1.29, 1.82) is 0 Å². The number of nitrogens with two attached hydrogens (primary N) is 1. The number of hydrogen-bond donors (Lipinski definition) is 2. The molecule has 0 aliphatic rings. The van der Waals surface area contributed by atoms with Crippen LogP contribution in [0.4, 0.5) is 11.8 Å².